The average molecular weight is 686 g/mol. The molecule has 1 N–H and O–H groups in total. The predicted molar refractivity (Wildman–Crippen MR) is 188 cm³/mol. The molecule has 0 spiro atoms. The van der Waals surface area contributed by atoms with Crippen LogP contribution in [0.25, 0.3) is 0 Å². The summed E-state index contributed by atoms with van der Waals surface area (Å²) in [7, 11) is 0.179. The summed E-state index contributed by atoms with van der Waals surface area (Å²) < 4.78 is 46.1. The minimum absolute atomic E-state index is 0.0140. The Balaban J connectivity index is 1.59. The van der Waals surface area contributed by atoms with E-state index in [2.05, 4.69) is 5.32 Å². The molecule has 258 valence electrons. The van der Waals surface area contributed by atoms with Crippen molar-refractivity contribution in [1.82, 2.24) is 10.2 Å². The van der Waals surface area contributed by atoms with Crippen LogP contribution < -0.4 is 23.8 Å². The van der Waals surface area contributed by atoms with Gasteiger partial charge in [0.1, 0.15) is 29.8 Å². The first-order valence-electron chi connectivity index (χ1n) is 16.3. The third-order valence-corrected chi connectivity index (χ3v) is 10.5. The van der Waals surface area contributed by atoms with Gasteiger partial charge < -0.3 is 24.4 Å². The van der Waals surface area contributed by atoms with Gasteiger partial charge in [-0.3, -0.25) is 13.9 Å². The number of hydrogen-bond acceptors (Lipinski definition) is 7. The summed E-state index contributed by atoms with van der Waals surface area (Å²) in [6.07, 6.45) is 4.02. The lowest BCUT2D eigenvalue weighted by Gasteiger charge is -2.34. The van der Waals surface area contributed by atoms with Gasteiger partial charge in [0, 0.05) is 19.0 Å². The molecule has 0 bridgehead atoms. The standard InChI is InChI=1S/C38H43N3O7S/c1-46-31-20-22-33(23-21-31)49(44,45)41(34-18-9-10-19-36(34)48-3)27-37(42)40(26-29-14-11-17-32(24-29)47-2)35(25-28-12-5-4-6-13-28)38(43)39-30-15-7-8-16-30/h4-6,9-14,17-24,30,35H,7-8,15-16,25-27H2,1-3H3,(H,39,43)/t35-/m1/s1. The lowest BCUT2D eigenvalue weighted by atomic mass is 10.0. The van der Waals surface area contributed by atoms with E-state index in [1.54, 1.807) is 55.6 Å². The first kappa shape index (κ1) is 35.3. The summed E-state index contributed by atoms with van der Waals surface area (Å²) in [5, 5.41) is 3.19. The molecule has 4 aromatic rings. The fourth-order valence-electron chi connectivity index (χ4n) is 6.11. The Morgan fingerprint density at radius 3 is 2.10 bits per heavy atom. The van der Waals surface area contributed by atoms with Gasteiger partial charge in [-0.15, -0.1) is 0 Å². The molecule has 1 fully saturated rings. The van der Waals surface area contributed by atoms with Crippen LogP contribution in [-0.2, 0) is 32.6 Å². The Labute approximate surface area is 288 Å². The molecule has 1 aliphatic carbocycles. The number of nitrogens with zero attached hydrogens (tertiary/aromatic N) is 2. The Bertz CT molecular complexity index is 1810. The monoisotopic (exact) mass is 685 g/mol. The van der Waals surface area contributed by atoms with Gasteiger partial charge >= 0.3 is 0 Å². The van der Waals surface area contributed by atoms with Crippen LogP contribution in [0.4, 0.5) is 5.69 Å². The summed E-state index contributed by atoms with van der Waals surface area (Å²) >= 11 is 0. The molecular formula is C38H43N3O7S. The number of sulfonamides is 1. The molecule has 1 atom stereocenters. The maximum absolute atomic E-state index is 14.8. The van der Waals surface area contributed by atoms with Gasteiger partial charge in [-0.25, -0.2) is 8.42 Å². The zero-order valence-electron chi connectivity index (χ0n) is 28.1. The van der Waals surface area contributed by atoms with Crippen molar-refractivity contribution in [3.05, 3.63) is 114 Å². The van der Waals surface area contributed by atoms with E-state index in [0.717, 1.165) is 41.1 Å². The molecule has 0 aliphatic heterocycles. The van der Waals surface area contributed by atoms with E-state index < -0.39 is 28.5 Å². The summed E-state index contributed by atoms with van der Waals surface area (Å²) in [6.45, 7) is -0.561. The van der Waals surface area contributed by atoms with E-state index in [-0.39, 0.29) is 41.2 Å². The number of rotatable bonds is 15. The second-order valence-corrected chi connectivity index (χ2v) is 13.8. The van der Waals surface area contributed by atoms with E-state index in [4.69, 9.17) is 14.2 Å². The minimum atomic E-state index is -4.32. The number of ether oxygens (including phenoxy) is 3. The van der Waals surface area contributed by atoms with E-state index >= 15 is 0 Å². The number of benzene rings is 4. The summed E-state index contributed by atoms with van der Waals surface area (Å²) in [6, 6.07) is 28.4. The van der Waals surface area contributed by atoms with Crippen molar-refractivity contribution < 1.29 is 32.2 Å². The van der Waals surface area contributed by atoms with Crippen LogP contribution in [0, 0.1) is 0 Å². The molecule has 4 aromatic carbocycles. The van der Waals surface area contributed by atoms with Gasteiger partial charge in [0.15, 0.2) is 0 Å². The van der Waals surface area contributed by atoms with Crippen LogP contribution in [0.2, 0.25) is 0 Å². The second-order valence-electron chi connectivity index (χ2n) is 11.9. The van der Waals surface area contributed by atoms with Crippen LogP contribution in [-0.4, -0.2) is 65.1 Å². The zero-order valence-corrected chi connectivity index (χ0v) is 28.9. The molecule has 5 rings (SSSR count). The van der Waals surface area contributed by atoms with Gasteiger partial charge in [0.05, 0.1) is 31.9 Å². The molecule has 49 heavy (non-hydrogen) atoms. The fraction of sp³-hybridized carbons (Fsp3) is 0.316. The van der Waals surface area contributed by atoms with E-state index in [0.29, 0.717) is 11.5 Å². The van der Waals surface area contributed by atoms with Crippen LogP contribution in [0.3, 0.4) is 0 Å². The van der Waals surface area contributed by atoms with Crippen molar-refractivity contribution in [2.45, 2.75) is 55.6 Å². The molecule has 0 saturated heterocycles. The SMILES string of the molecule is COc1ccc(S(=O)(=O)N(CC(=O)N(Cc2cccc(OC)c2)[C@H](Cc2ccccc2)C(=O)NC2CCCC2)c2ccccc2OC)cc1. The lowest BCUT2D eigenvalue weighted by molar-refractivity contribution is -0.140. The molecule has 1 saturated carbocycles. The van der Waals surface area contributed by atoms with Gasteiger partial charge in [-0.1, -0.05) is 67.4 Å². The van der Waals surface area contributed by atoms with Crippen molar-refractivity contribution in [3.63, 3.8) is 0 Å². The van der Waals surface area contributed by atoms with Crippen molar-refractivity contribution in [1.29, 1.82) is 0 Å². The molecule has 0 radical (unpaired) electrons. The van der Waals surface area contributed by atoms with Gasteiger partial charge in [0.25, 0.3) is 10.0 Å². The number of hydrogen-bond donors (Lipinski definition) is 1. The topological polar surface area (TPSA) is 114 Å². The Hall–Kier alpha value is -5.03. The quantitative estimate of drug-likeness (QED) is 0.173. The average Bonchev–Trinajstić information content (AvgIpc) is 3.65. The molecule has 1 aliphatic rings. The first-order chi connectivity index (χ1) is 23.7. The summed E-state index contributed by atoms with van der Waals surface area (Å²) in [4.78, 5) is 30.4. The first-order valence-corrected chi connectivity index (χ1v) is 17.7. The number of amides is 2. The predicted octanol–water partition coefficient (Wildman–Crippen LogP) is 5.61. The summed E-state index contributed by atoms with van der Waals surface area (Å²) in [5.74, 6) is 0.506. The molecule has 2 amide bonds. The zero-order chi connectivity index (χ0) is 34.8. The maximum atomic E-state index is 14.8. The number of anilines is 1. The normalized spacial score (nSPS) is 13.7. The lowest BCUT2D eigenvalue weighted by Crippen LogP contribution is -2.54. The maximum Gasteiger partial charge on any atom is 0.264 e. The minimum Gasteiger partial charge on any atom is -0.497 e. The van der Waals surface area contributed by atoms with E-state index in [1.165, 1.54) is 31.3 Å². The fourth-order valence-corrected chi connectivity index (χ4v) is 7.54. The third-order valence-electron chi connectivity index (χ3n) is 8.74. The Morgan fingerprint density at radius 1 is 0.776 bits per heavy atom. The number of methoxy groups -OCH3 is 3. The van der Waals surface area contributed by atoms with Gasteiger partial charge in [-0.2, -0.15) is 0 Å². The third kappa shape index (κ3) is 8.72. The Kier molecular flexibility index (Phi) is 11.8. The van der Waals surface area contributed by atoms with Crippen molar-refractivity contribution in [2.75, 3.05) is 32.2 Å². The van der Waals surface area contributed by atoms with Gasteiger partial charge in [-0.05, 0) is 72.5 Å². The highest BCUT2D eigenvalue weighted by atomic mass is 32.2. The molecule has 11 heteroatoms. The van der Waals surface area contributed by atoms with Crippen molar-refractivity contribution >= 4 is 27.5 Å². The smallest absolute Gasteiger partial charge is 0.264 e. The van der Waals surface area contributed by atoms with Crippen LogP contribution in [0.15, 0.2) is 108 Å². The molecular weight excluding hydrogens is 642 g/mol. The second kappa shape index (κ2) is 16.4. The van der Waals surface area contributed by atoms with Crippen molar-refractivity contribution in [2.24, 2.45) is 0 Å². The highest BCUT2D eigenvalue weighted by Crippen LogP contribution is 2.33. The molecule has 0 heterocycles. The highest BCUT2D eigenvalue weighted by molar-refractivity contribution is 7.92. The number of carbonyl (C=O) groups is 2. The van der Waals surface area contributed by atoms with Crippen LogP contribution >= 0.6 is 0 Å². The van der Waals surface area contributed by atoms with E-state index in [9.17, 15) is 18.0 Å². The number of carbonyl (C=O) groups excluding carboxylic acids is 2. The Morgan fingerprint density at radius 2 is 1.43 bits per heavy atom. The largest absolute Gasteiger partial charge is 0.497 e. The van der Waals surface area contributed by atoms with Crippen LogP contribution in [0.5, 0.6) is 17.2 Å². The van der Waals surface area contributed by atoms with Crippen molar-refractivity contribution in [3.8, 4) is 17.2 Å². The molecule has 0 unspecified atom stereocenters. The van der Waals surface area contributed by atoms with Crippen LogP contribution in [0.1, 0.15) is 36.8 Å². The number of nitrogens with one attached hydrogen (secondary N) is 1. The van der Waals surface area contributed by atoms with E-state index in [1.807, 2.05) is 42.5 Å². The molecule has 0 aromatic heterocycles. The van der Waals surface area contributed by atoms with Gasteiger partial charge in [0.2, 0.25) is 11.8 Å². The summed E-state index contributed by atoms with van der Waals surface area (Å²) in [5.41, 5.74) is 1.77. The highest BCUT2D eigenvalue weighted by Gasteiger charge is 2.36. The molecule has 10 nitrogen and oxygen atoms in total. The number of para-hydroxylation sites is 2.